The number of hydrogen-bond acceptors (Lipinski definition) is 7. The summed E-state index contributed by atoms with van der Waals surface area (Å²) in [7, 11) is 0. The van der Waals surface area contributed by atoms with E-state index in [2.05, 4.69) is 26.7 Å². The Labute approximate surface area is 210 Å². The highest BCUT2D eigenvalue weighted by Crippen LogP contribution is 2.42. The Morgan fingerprint density at radius 2 is 1.82 bits per heavy atom. The minimum atomic E-state index is -0.511. The van der Waals surface area contributed by atoms with Crippen LogP contribution in [0.15, 0.2) is 30.6 Å². The van der Waals surface area contributed by atoms with Crippen molar-refractivity contribution in [3.8, 4) is 0 Å². The maximum atomic E-state index is 13.8. The van der Waals surface area contributed by atoms with Gasteiger partial charge in [-0.15, -0.1) is 0 Å². The molecule has 0 bridgehead atoms. The number of carbonyl (C=O) groups excluding carboxylic acids is 1. The first-order valence-electron chi connectivity index (χ1n) is 12.1. The lowest BCUT2D eigenvalue weighted by molar-refractivity contribution is -0.133. The second-order valence-corrected chi connectivity index (χ2v) is 11.1. The molecule has 1 amide bonds. The highest BCUT2D eigenvalue weighted by molar-refractivity contribution is 7.99. The summed E-state index contributed by atoms with van der Waals surface area (Å²) in [5.74, 6) is 3.40. The van der Waals surface area contributed by atoms with Gasteiger partial charge < -0.3 is 19.8 Å². The second-order valence-electron chi connectivity index (χ2n) is 9.48. The third-order valence-electron chi connectivity index (χ3n) is 7.28. The summed E-state index contributed by atoms with van der Waals surface area (Å²) in [5.41, 5.74) is 2.86. The Morgan fingerprint density at radius 1 is 1.12 bits per heavy atom. The molecule has 1 aliphatic carbocycles. The fourth-order valence-electron chi connectivity index (χ4n) is 5.38. The van der Waals surface area contributed by atoms with Crippen LogP contribution in [0.2, 0.25) is 5.02 Å². The van der Waals surface area contributed by atoms with Crippen LogP contribution in [-0.2, 0) is 4.79 Å². The number of aliphatic hydroxyl groups is 1. The van der Waals surface area contributed by atoms with Gasteiger partial charge in [-0.3, -0.25) is 4.79 Å². The topological polar surface area (TPSA) is 72.8 Å². The number of aromatic nitrogens is 2. The summed E-state index contributed by atoms with van der Waals surface area (Å²) in [6.07, 6.45) is 1.74. The molecule has 2 saturated heterocycles. The van der Waals surface area contributed by atoms with Gasteiger partial charge in [-0.25, -0.2) is 9.97 Å². The van der Waals surface area contributed by atoms with E-state index in [9.17, 15) is 9.90 Å². The van der Waals surface area contributed by atoms with Crippen LogP contribution in [-0.4, -0.2) is 88.1 Å². The standard InChI is InChI=1S/C25H32ClN5O2S/c1-17-14-21(32)23-22(17)24(28-16-27-23)30-6-8-31(9-7-30)25(33)20(15-29-10-12-34-13-11-29)18-2-4-19(26)5-3-18/h2-5,16-17,20-21,32H,6-15H2,1H3/t17-,20?,21-/m1/s1. The third kappa shape index (κ3) is 4.91. The number of amides is 1. The first kappa shape index (κ1) is 23.9. The first-order valence-corrected chi connectivity index (χ1v) is 13.7. The van der Waals surface area contributed by atoms with E-state index in [1.165, 1.54) is 0 Å². The molecule has 9 heteroatoms. The molecule has 1 N–H and O–H groups in total. The number of hydrogen-bond donors (Lipinski definition) is 1. The van der Waals surface area contributed by atoms with Gasteiger partial charge >= 0.3 is 0 Å². The van der Waals surface area contributed by atoms with Crippen LogP contribution in [0, 0.1) is 0 Å². The van der Waals surface area contributed by atoms with E-state index in [4.69, 9.17) is 11.6 Å². The second kappa shape index (κ2) is 10.4. The number of carbonyl (C=O) groups is 1. The van der Waals surface area contributed by atoms with E-state index < -0.39 is 6.10 Å². The predicted molar refractivity (Wildman–Crippen MR) is 137 cm³/mol. The van der Waals surface area contributed by atoms with E-state index in [0.29, 0.717) is 24.5 Å². The van der Waals surface area contributed by atoms with Gasteiger partial charge in [0, 0.05) is 67.9 Å². The van der Waals surface area contributed by atoms with Gasteiger partial charge in [-0.05, 0) is 30.0 Å². The van der Waals surface area contributed by atoms with Crippen molar-refractivity contribution in [1.82, 2.24) is 19.8 Å². The highest BCUT2D eigenvalue weighted by atomic mass is 35.5. The molecule has 2 fully saturated rings. The van der Waals surface area contributed by atoms with Crippen molar-refractivity contribution in [3.05, 3.63) is 52.4 Å². The average Bonchev–Trinajstić information content (AvgIpc) is 3.17. The Hall–Kier alpha value is -1.87. The Morgan fingerprint density at radius 3 is 2.53 bits per heavy atom. The fraction of sp³-hybridized carbons (Fsp3) is 0.560. The van der Waals surface area contributed by atoms with Gasteiger partial charge in [-0.1, -0.05) is 30.7 Å². The molecule has 0 saturated carbocycles. The number of fused-ring (bicyclic) bond motifs is 1. The third-order valence-corrected chi connectivity index (χ3v) is 8.48. The van der Waals surface area contributed by atoms with Crippen LogP contribution in [0.25, 0.3) is 0 Å². The van der Waals surface area contributed by atoms with Crippen molar-refractivity contribution in [3.63, 3.8) is 0 Å². The van der Waals surface area contributed by atoms with Gasteiger partial charge in [0.05, 0.1) is 17.7 Å². The molecule has 3 aliphatic rings. The Balaban J connectivity index is 1.30. The summed E-state index contributed by atoms with van der Waals surface area (Å²) < 4.78 is 0. The van der Waals surface area contributed by atoms with Crippen LogP contribution in [0.3, 0.4) is 0 Å². The van der Waals surface area contributed by atoms with Gasteiger partial charge in [0.25, 0.3) is 0 Å². The van der Waals surface area contributed by atoms with Crippen molar-refractivity contribution in [2.24, 2.45) is 0 Å². The summed E-state index contributed by atoms with van der Waals surface area (Å²) in [5, 5.41) is 11.0. The lowest BCUT2D eigenvalue weighted by atomic mass is 9.96. The molecular formula is C25H32ClN5O2S. The number of benzene rings is 1. The van der Waals surface area contributed by atoms with E-state index >= 15 is 0 Å². The van der Waals surface area contributed by atoms with Gasteiger partial charge in [0.2, 0.25) is 5.91 Å². The fourth-order valence-corrected chi connectivity index (χ4v) is 6.48. The minimum Gasteiger partial charge on any atom is -0.387 e. The number of aliphatic hydroxyl groups excluding tert-OH is 1. The maximum absolute atomic E-state index is 13.8. The largest absolute Gasteiger partial charge is 0.387 e. The zero-order chi connectivity index (χ0) is 23.7. The Kier molecular flexibility index (Phi) is 7.30. The quantitative estimate of drug-likeness (QED) is 0.674. The minimum absolute atomic E-state index is 0.189. The SMILES string of the molecule is C[C@@H]1C[C@@H](O)c2ncnc(N3CCN(C(=O)C(CN4CCSCC4)c4ccc(Cl)cc4)CC3)c21. The average molecular weight is 502 g/mol. The maximum Gasteiger partial charge on any atom is 0.231 e. The molecule has 1 aromatic heterocycles. The van der Waals surface area contributed by atoms with Crippen LogP contribution in [0.1, 0.15) is 48.1 Å². The lowest BCUT2D eigenvalue weighted by Gasteiger charge is -2.39. The van der Waals surface area contributed by atoms with E-state index in [0.717, 1.165) is 66.9 Å². The lowest BCUT2D eigenvalue weighted by Crippen LogP contribution is -2.52. The van der Waals surface area contributed by atoms with Gasteiger partial charge in [0.15, 0.2) is 0 Å². The number of piperazine rings is 1. The molecule has 7 nitrogen and oxygen atoms in total. The highest BCUT2D eigenvalue weighted by Gasteiger charge is 2.35. The van der Waals surface area contributed by atoms with E-state index in [1.807, 2.05) is 40.9 Å². The molecule has 2 aliphatic heterocycles. The molecule has 1 aromatic carbocycles. The zero-order valence-corrected chi connectivity index (χ0v) is 21.1. The van der Waals surface area contributed by atoms with Crippen LogP contribution in [0.5, 0.6) is 0 Å². The molecule has 34 heavy (non-hydrogen) atoms. The van der Waals surface area contributed by atoms with Crippen molar-refractivity contribution < 1.29 is 9.90 Å². The molecule has 1 unspecified atom stereocenters. The van der Waals surface area contributed by atoms with Crippen molar-refractivity contribution in [1.29, 1.82) is 0 Å². The van der Waals surface area contributed by atoms with Gasteiger partial charge in [-0.2, -0.15) is 11.8 Å². The molecule has 3 heterocycles. The summed E-state index contributed by atoms with van der Waals surface area (Å²) >= 11 is 8.11. The van der Waals surface area contributed by atoms with E-state index in [-0.39, 0.29) is 17.7 Å². The van der Waals surface area contributed by atoms with Gasteiger partial charge in [0.1, 0.15) is 12.1 Å². The molecule has 3 atom stereocenters. The zero-order valence-electron chi connectivity index (χ0n) is 19.6. The normalized spacial score (nSPS) is 24.2. The van der Waals surface area contributed by atoms with Crippen molar-refractivity contribution in [2.75, 3.05) is 62.2 Å². The molecule has 182 valence electrons. The molecule has 2 aromatic rings. The summed E-state index contributed by atoms with van der Waals surface area (Å²) in [4.78, 5) is 29.4. The number of halogens is 1. The number of anilines is 1. The van der Waals surface area contributed by atoms with E-state index in [1.54, 1.807) is 6.33 Å². The van der Waals surface area contributed by atoms with Crippen molar-refractivity contribution >= 4 is 35.1 Å². The van der Waals surface area contributed by atoms with Crippen LogP contribution < -0.4 is 4.90 Å². The number of thioether (sulfide) groups is 1. The molecule has 5 rings (SSSR count). The summed E-state index contributed by atoms with van der Waals surface area (Å²) in [6.45, 7) is 7.70. The molecule has 0 radical (unpaired) electrons. The Bertz CT molecular complexity index is 1010. The predicted octanol–water partition coefficient (Wildman–Crippen LogP) is 3.15. The molecular weight excluding hydrogens is 470 g/mol. The number of rotatable bonds is 5. The first-order chi connectivity index (χ1) is 16.5. The monoisotopic (exact) mass is 501 g/mol. The summed E-state index contributed by atoms with van der Waals surface area (Å²) in [6, 6.07) is 7.76. The van der Waals surface area contributed by atoms with Crippen LogP contribution >= 0.6 is 23.4 Å². The number of nitrogens with zero attached hydrogens (tertiary/aromatic N) is 5. The van der Waals surface area contributed by atoms with Crippen molar-refractivity contribution in [2.45, 2.75) is 31.3 Å². The smallest absolute Gasteiger partial charge is 0.231 e. The van der Waals surface area contributed by atoms with Crippen LogP contribution in [0.4, 0.5) is 5.82 Å². The molecule has 0 spiro atoms.